The third kappa shape index (κ3) is 11.0. The molecule has 0 aromatic heterocycles. The van der Waals surface area contributed by atoms with Crippen LogP contribution in [-0.4, -0.2) is 49.7 Å². The van der Waals surface area contributed by atoms with Crippen LogP contribution in [0, 0.1) is 0 Å². The zero-order valence-electron chi connectivity index (χ0n) is 14.0. The summed E-state index contributed by atoms with van der Waals surface area (Å²) in [5, 5.41) is 5.03. The Labute approximate surface area is 126 Å². The number of alkyl carbamates (subject to hydrolysis) is 1. The van der Waals surface area contributed by atoms with Gasteiger partial charge in [-0.3, -0.25) is 4.79 Å². The molecular weight excluding hydrogens is 276 g/mol. The first-order valence-corrected chi connectivity index (χ1v) is 6.85. The summed E-state index contributed by atoms with van der Waals surface area (Å²) in [5.41, 5.74) is -1.06. The van der Waals surface area contributed by atoms with Gasteiger partial charge in [0.2, 0.25) is 5.91 Å². The monoisotopic (exact) mass is 304 g/mol. The van der Waals surface area contributed by atoms with Crippen LogP contribution in [0.1, 0.15) is 41.5 Å². The van der Waals surface area contributed by atoms with E-state index in [4.69, 9.17) is 14.2 Å². The fraction of sp³-hybridized carbons (Fsp3) is 0.857. The van der Waals surface area contributed by atoms with E-state index >= 15 is 0 Å². The van der Waals surface area contributed by atoms with E-state index in [2.05, 4.69) is 10.6 Å². The van der Waals surface area contributed by atoms with Crippen LogP contribution in [0.4, 0.5) is 4.79 Å². The Bertz CT molecular complexity index is 344. The molecule has 21 heavy (non-hydrogen) atoms. The Balaban J connectivity index is 4.64. The highest BCUT2D eigenvalue weighted by atomic mass is 16.6. The van der Waals surface area contributed by atoms with Crippen LogP contribution in [0.25, 0.3) is 0 Å². The van der Waals surface area contributed by atoms with Crippen LogP contribution < -0.4 is 10.6 Å². The largest absolute Gasteiger partial charge is 0.444 e. The van der Waals surface area contributed by atoms with Gasteiger partial charge in [0.05, 0.1) is 12.2 Å². The summed E-state index contributed by atoms with van der Waals surface area (Å²) in [5.74, 6) is -0.396. The van der Waals surface area contributed by atoms with Crippen molar-refractivity contribution in [1.29, 1.82) is 0 Å². The molecule has 0 aliphatic rings. The quantitative estimate of drug-likeness (QED) is 0.725. The minimum atomic E-state index is -0.853. The van der Waals surface area contributed by atoms with Crippen molar-refractivity contribution < 1.29 is 23.8 Å². The third-order valence-corrected chi connectivity index (χ3v) is 2.08. The fourth-order valence-corrected chi connectivity index (χ4v) is 1.23. The van der Waals surface area contributed by atoms with Gasteiger partial charge in [-0.25, -0.2) is 4.79 Å². The molecule has 1 unspecified atom stereocenters. The smallest absolute Gasteiger partial charge is 0.408 e. The van der Waals surface area contributed by atoms with Gasteiger partial charge >= 0.3 is 6.09 Å². The molecule has 0 saturated heterocycles. The average molecular weight is 304 g/mol. The van der Waals surface area contributed by atoms with Crippen LogP contribution in [0.2, 0.25) is 0 Å². The molecule has 0 aliphatic carbocycles. The predicted octanol–water partition coefficient (Wildman–Crippen LogP) is 1.41. The van der Waals surface area contributed by atoms with Crippen molar-refractivity contribution in [1.82, 2.24) is 10.6 Å². The molecule has 0 aromatic carbocycles. The molecule has 0 radical (unpaired) electrons. The number of hydrogen-bond donors (Lipinski definition) is 2. The van der Waals surface area contributed by atoms with E-state index in [9.17, 15) is 9.59 Å². The zero-order chi connectivity index (χ0) is 16.7. The summed E-state index contributed by atoms with van der Waals surface area (Å²) in [6.07, 6.45) is -0.669. The number of hydrogen-bond acceptors (Lipinski definition) is 5. The Morgan fingerprint density at radius 2 is 1.62 bits per heavy atom. The molecule has 7 heteroatoms. The first kappa shape index (κ1) is 19.7. The highest BCUT2D eigenvalue weighted by molar-refractivity contribution is 5.85. The topological polar surface area (TPSA) is 85.9 Å². The van der Waals surface area contributed by atoms with Crippen LogP contribution in [0.3, 0.4) is 0 Å². The van der Waals surface area contributed by atoms with E-state index in [0.717, 1.165) is 0 Å². The molecule has 0 saturated carbocycles. The maximum absolute atomic E-state index is 12.0. The minimum Gasteiger partial charge on any atom is -0.444 e. The summed E-state index contributed by atoms with van der Waals surface area (Å²) in [6, 6.07) is -0.853. The number of carbonyl (C=O) groups is 2. The van der Waals surface area contributed by atoms with Gasteiger partial charge in [-0.15, -0.1) is 0 Å². The first-order chi connectivity index (χ1) is 9.44. The normalized spacial score (nSPS) is 13.5. The van der Waals surface area contributed by atoms with E-state index in [1.165, 1.54) is 7.11 Å². The Hall–Kier alpha value is -1.34. The summed E-state index contributed by atoms with van der Waals surface area (Å²) in [4.78, 5) is 23.8. The van der Waals surface area contributed by atoms with Crippen LogP contribution >= 0.6 is 0 Å². The lowest BCUT2D eigenvalue weighted by Gasteiger charge is -2.26. The number of amides is 2. The van der Waals surface area contributed by atoms with Crippen LogP contribution in [0.5, 0.6) is 0 Å². The minimum absolute atomic E-state index is 0.0400. The van der Waals surface area contributed by atoms with E-state index in [-0.39, 0.29) is 13.3 Å². The Kier molecular flexibility index (Phi) is 7.67. The molecule has 2 amide bonds. The lowest BCUT2D eigenvalue weighted by atomic mass is 10.2. The second-order valence-corrected chi connectivity index (χ2v) is 6.60. The van der Waals surface area contributed by atoms with Gasteiger partial charge in [0, 0.05) is 7.11 Å². The second kappa shape index (κ2) is 8.19. The zero-order valence-corrected chi connectivity index (χ0v) is 14.0. The highest BCUT2D eigenvalue weighted by Gasteiger charge is 2.26. The molecule has 0 aromatic rings. The average Bonchev–Trinajstić information content (AvgIpc) is 2.27. The van der Waals surface area contributed by atoms with Crippen LogP contribution in [0.15, 0.2) is 0 Å². The van der Waals surface area contributed by atoms with Crippen molar-refractivity contribution in [2.45, 2.75) is 58.8 Å². The summed E-state index contributed by atoms with van der Waals surface area (Å²) in [7, 11) is 1.46. The fourth-order valence-electron chi connectivity index (χ4n) is 1.23. The summed E-state index contributed by atoms with van der Waals surface area (Å²) >= 11 is 0. The maximum Gasteiger partial charge on any atom is 0.408 e. The van der Waals surface area contributed by atoms with Crippen molar-refractivity contribution in [2.24, 2.45) is 0 Å². The van der Waals surface area contributed by atoms with Gasteiger partial charge in [0.15, 0.2) is 0 Å². The molecule has 0 heterocycles. The van der Waals surface area contributed by atoms with Gasteiger partial charge in [-0.1, -0.05) is 0 Å². The maximum atomic E-state index is 12.0. The molecule has 2 N–H and O–H groups in total. The van der Waals surface area contributed by atoms with E-state index < -0.39 is 29.2 Å². The molecular formula is C14H28N2O5. The number of nitrogens with one attached hydrogen (secondary N) is 2. The second-order valence-electron chi connectivity index (χ2n) is 6.60. The van der Waals surface area contributed by atoms with Gasteiger partial charge in [-0.2, -0.15) is 0 Å². The van der Waals surface area contributed by atoms with E-state index in [1.807, 2.05) is 20.8 Å². The molecule has 0 aliphatic heterocycles. The molecule has 0 fully saturated rings. The Morgan fingerprint density at radius 1 is 1.05 bits per heavy atom. The van der Waals surface area contributed by atoms with Gasteiger partial charge in [0.1, 0.15) is 18.4 Å². The molecule has 0 bridgehead atoms. The van der Waals surface area contributed by atoms with Gasteiger partial charge in [0.25, 0.3) is 0 Å². The summed E-state index contributed by atoms with van der Waals surface area (Å²) in [6.45, 7) is 10.9. The van der Waals surface area contributed by atoms with Gasteiger partial charge in [-0.05, 0) is 41.5 Å². The molecule has 0 rings (SSSR count). The lowest BCUT2D eigenvalue weighted by molar-refractivity contribution is -0.127. The summed E-state index contributed by atoms with van der Waals surface area (Å²) < 4.78 is 15.5. The predicted molar refractivity (Wildman–Crippen MR) is 78.9 cm³/mol. The number of methoxy groups -OCH3 is 1. The van der Waals surface area contributed by atoms with E-state index in [1.54, 1.807) is 20.8 Å². The van der Waals surface area contributed by atoms with Crippen LogP contribution in [-0.2, 0) is 19.0 Å². The third-order valence-electron chi connectivity index (χ3n) is 2.08. The van der Waals surface area contributed by atoms with Gasteiger partial charge < -0.3 is 24.8 Å². The standard InChI is InChI=1S/C14H28N2O5/c1-13(2,3)20-8-10(11(17)15-9-19-7)16-12(18)21-14(4,5)6/h10H,8-9H2,1-7H3,(H,15,17)(H,16,18). The molecule has 0 spiro atoms. The highest BCUT2D eigenvalue weighted by Crippen LogP contribution is 2.09. The number of carbonyl (C=O) groups excluding carboxylic acids is 2. The van der Waals surface area contributed by atoms with Crippen molar-refractivity contribution >= 4 is 12.0 Å². The van der Waals surface area contributed by atoms with Crippen molar-refractivity contribution in [3.63, 3.8) is 0 Å². The molecule has 1 atom stereocenters. The number of ether oxygens (including phenoxy) is 3. The lowest BCUT2D eigenvalue weighted by Crippen LogP contribution is -2.51. The molecule has 124 valence electrons. The van der Waals surface area contributed by atoms with Crippen molar-refractivity contribution in [3.8, 4) is 0 Å². The van der Waals surface area contributed by atoms with E-state index in [0.29, 0.717) is 0 Å². The van der Waals surface area contributed by atoms with Crippen molar-refractivity contribution in [3.05, 3.63) is 0 Å². The number of rotatable bonds is 6. The van der Waals surface area contributed by atoms with Crippen molar-refractivity contribution in [2.75, 3.05) is 20.4 Å². The molecule has 7 nitrogen and oxygen atoms in total. The first-order valence-electron chi connectivity index (χ1n) is 6.85. The Morgan fingerprint density at radius 3 is 2.05 bits per heavy atom. The SMILES string of the molecule is COCNC(=O)C(COC(C)(C)C)NC(=O)OC(C)(C)C.